The lowest BCUT2D eigenvalue weighted by molar-refractivity contribution is 0.225. The second-order valence-electron chi connectivity index (χ2n) is 4.46. The van der Waals surface area contributed by atoms with Gasteiger partial charge in [-0.3, -0.25) is 0 Å². The predicted molar refractivity (Wildman–Crippen MR) is 62.2 cm³/mol. The number of hydrogen-bond donors (Lipinski definition) is 1. The molecule has 1 rings (SSSR count). The van der Waals surface area contributed by atoms with Crippen LogP contribution in [-0.4, -0.2) is 17.5 Å². The van der Waals surface area contributed by atoms with Crippen molar-refractivity contribution in [3.8, 4) is 0 Å². The summed E-state index contributed by atoms with van der Waals surface area (Å²) in [4.78, 5) is 0. The van der Waals surface area contributed by atoms with Gasteiger partial charge in [0.1, 0.15) is 0 Å². The maximum Gasteiger partial charge on any atom is 0.0162 e. The van der Waals surface area contributed by atoms with Gasteiger partial charge in [0.05, 0.1) is 0 Å². The molecule has 0 atom stereocenters. The van der Waals surface area contributed by atoms with Crippen molar-refractivity contribution in [3.63, 3.8) is 0 Å². The highest BCUT2D eigenvalue weighted by Crippen LogP contribution is 2.34. The van der Waals surface area contributed by atoms with Crippen LogP contribution in [0.1, 0.15) is 45.4 Å². The average Bonchev–Trinajstić information content (AvgIpc) is 2.16. The summed E-state index contributed by atoms with van der Waals surface area (Å²) in [7, 11) is 0. The van der Waals surface area contributed by atoms with E-state index in [4.69, 9.17) is 5.73 Å². The Bertz CT molecular complexity index is 139. The Morgan fingerprint density at radius 2 is 2.00 bits per heavy atom. The summed E-state index contributed by atoms with van der Waals surface area (Å²) in [5, 5.41) is 0. The first kappa shape index (κ1) is 11.4. The minimum Gasteiger partial charge on any atom is -0.325 e. The summed E-state index contributed by atoms with van der Waals surface area (Å²) in [5.74, 6) is 2.19. The zero-order valence-corrected chi connectivity index (χ0v) is 9.83. The van der Waals surface area contributed by atoms with Gasteiger partial charge in [0, 0.05) is 5.54 Å². The minimum absolute atomic E-state index is 0.189. The molecule has 0 spiro atoms. The molecule has 1 fully saturated rings. The summed E-state index contributed by atoms with van der Waals surface area (Å²) >= 11 is 1.92. The van der Waals surface area contributed by atoms with E-state index in [1.807, 2.05) is 11.8 Å². The summed E-state index contributed by atoms with van der Waals surface area (Å²) in [5.41, 5.74) is 6.54. The van der Waals surface area contributed by atoms with Gasteiger partial charge in [-0.1, -0.05) is 13.3 Å². The van der Waals surface area contributed by atoms with Crippen LogP contribution in [-0.2, 0) is 0 Å². The average molecular weight is 201 g/mol. The first-order valence-electron chi connectivity index (χ1n) is 5.48. The molecule has 13 heavy (non-hydrogen) atoms. The largest absolute Gasteiger partial charge is 0.325 e. The molecule has 0 amide bonds. The van der Waals surface area contributed by atoms with Crippen LogP contribution in [0.5, 0.6) is 0 Å². The molecule has 0 heterocycles. The first-order valence-corrected chi connectivity index (χ1v) is 6.87. The van der Waals surface area contributed by atoms with Gasteiger partial charge in [-0.05, 0) is 50.0 Å². The van der Waals surface area contributed by atoms with Crippen molar-refractivity contribution in [2.45, 2.75) is 51.0 Å². The van der Waals surface area contributed by atoms with E-state index in [0.717, 1.165) is 5.92 Å². The van der Waals surface area contributed by atoms with Gasteiger partial charge in [-0.25, -0.2) is 0 Å². The highest BCUT2D eigenvalue weighted by molar-refractivity contribution is 7.98. The fourth-order valence-electron chi connectivity index (χ4n) is 2.22. The third-order valence-corrected chi connectivity index (χ3v) is 4.09. The molecule has 78 valence electrons. The van der Waals surface area contributed by atoms with E-state index in [9.17, 15) is 0 Å². The standard InChI is InChI=1S/C11H23NS/c1-3-10-4-6-11(12,7-5-10)8-9-13-2/h10H,3-9,12H2,1-2H3. The van der Waals surface area contributed by atoms with Crippen molar-refractivity contribution in [2.75, 3.05) is 12.0 Å². The summed E-state index contributed by atoms with van der Waals surface area (Å²) in [6, 6.07) is 0. The zero-order valence-electron chi connectivity index (χ0n) is 9.01. The topological polar surface area (TPSA) is 26.0 Å². The summed E-state index contributed by atoms with van der Waals surface area (Å²) < 4.78 is 0. The Labute approximate surface area is 86.8 Å². The monoisotopic (exact) mass is 201 g/mol. The van der Waals surface area contributed by atoms with E-state index < -0.39 is 0 Å². The Morgan fingerprint density at radius 1 is 1.38 bits per heavy atom. The van der Waals surface area contributed by atoms with Crippen molar-refractivity contribution in [2.24, 2.45) is 11.7 Å². The normalized spacial score (nSPS) is 34.8. The minimum atomic E-state index is 0.189. The first-order chi connectivity index (χ1) is 6.20. The Hall–Kier alpha value is 0.310. The van der Waals surface area contributed by atoms with E-state index in [1.54, 1.807) is 0 Å². The van der Waals surface area contributed by atoms with Gasteiger partial charge < -0.3 is 5.73 Å². The maximum atomic E-state index is 6.35. The highest BCUT2D eigenvalue weighted by atomic mass is 32.2. The second kappa shape index (κ2) is 5.26. The lowest BCUT2D eigenvalue weighted by atomic mass is 9.75. The molecule has 0 bridgehead atoms. The maximum absolute atomic E-state index is 6.35. The van der Waals surface area contributed by atoms with Gasteiger partial charge in [-0.15, -0.1) is 0 Å². The lowest BCUT2D eigenvalue weighted by Gasteiger charge is -2.37. The quantitative estimate of drug-likeness (QED) is 0.756. The molecule has 0 aromatic carbocycles. The van der Waals surface area contributed by atoms with Crippen LogP contribution < -0.4 is 5.73 Å². The number of thioether (sulfide) groups is 1. The number of hydrogen-bond acceptors (Lipinski definition) is 2. The van der Waals surface area contributed by atoms with Crippen LogP contribution >= 0.6 is 11.8 Å². The molecule has 0 aromatic heterocycles. The molecule has 1 aliphatic carbocycles. The Kier molecular flexibility index (Phi) is 4.60. The predicted octanol–water partition coefficient (Wildman–Crippen LogP) is 3.04. The lowest BCUT2D eigenvalue weighted by Crippen LogP contribution is -2.43. The van der Waals surface area contributed by atoms with E-state index in [2.05, 4.69) is 13.2 Å². The fraction of sp³-hybridized carbons (Fsp3) is 1.00. The molecule has 0 saturated heterocycles. The molecule has 2 N–H and O–H groups in total. The molecule has 2 heteroatoms. The van der Waals surface area contributed by atoms with Crippen molar-refractivity contribution < 1.29 is 0 Å². The van der Waals surface area contributed by atoms with Crippen molar-refractivity contribution in [1.82, 2.24) is 0 Å². The smallest absolute Gasteiger partial charge is 0.0162 e. The van der Waals surface area contributed by atoms with Gasteiger partial charge >= 0.3 is 0 Å². The van der Waals surface area contributed by atoms with Crippen LogP contribution in [0.3, 0.4) is 0 Å². The van der Waals surface area contributed by atoms with Gasteiger partial charge in [-0.2, -0.15) is 11.8 Å². The number of nitrogens with two attached hydrogens (primary N) is 1. The fourth-order valence-corrected chi connectivity index (χ4v) is 2.83. The molecule has 1 aliphatic rings. The Morgan fingerprint density at radius 3 is 2.46 bits per heavy atom. The van der Waals surface area contributed by atoms with Crippen molar-refractivity contribution >= 4 is 11.8 Å². The zero-order chi connectivity index (χ0) is 9.73. The molecule has 1 saturated carbocycles. The molecule has 1 nitrogen and oxygen atoms in total. The van der Waals surface area contributed by atoms with Crippen LogP contribution in [0.2, 0.25) is 0 Å². The van der Waals surface area contributed by atoms with E-state index in [0.29, 0.717) is 0 Å². The van der Waals surface area contributed by atoms with Crippen LogP contribution in [0.4, 0.5) is 0 Å². The molecular formula is C11H23NS. The van der Waals surface area contributed by atoms with Gasteiger partial charge in [0.25, 0.3) is 0 Å². The van der Waals surface area contributed by atoms with Crippen LogP contribution in [0.25, 0.3) is 0 Å². The van der Waals surface area contributed by atoms with Gasteiger partial charge in [0.15, 0.2) is 0 Å². The summed E-state index contributed by atoms with van der Waals surface area (Å²) in [6.07, 6.45) is 9.96. The van der Waals surface area contributed by atoms with E-state index in [1.165, 1.54) is 44.3 Å². The molecule has 0 aromatic rings. The van der Waals surface area contributed by atoms with E-state index in [-0.39, 0.29) is 5.54 Å². The number of rotatable bonds is 4. The third kappa shape index (κ3) is 3.51. The molecular weight excluding hydrogens is 178 g/mol. The third-order valence-electron chi connectivity index (χ3n) is 3.48. The van der Waals surface area contributed by atoms with Gasteiger partial charge in [0.2, 0.25) is 0 Å². The molecule has 0 unspecified atom stereocenters. The molecule has 0 aliphatic heterocycles. The van der Waals surface area contributed by atoms with Crippen molar-refractivity contribution in [3.05, 3.63) is 0 Å². The molecule has 0 radical (unpaired) electrons. The van der Waals surface area contributed by atoms with Crippen molar-refractivity contribution in [1.29, 1.82) is 0 Å². The van der Waals surface area contributed by atoms with Crippen LogP contribution in [0, 0.1) is 5.92 Å². The highest BCUT2D eigenvalue weighted by Gasteiger charge is 2.30. The van der Waals surface area contributed by atoms with E-state index >= 15 is 0 Å². The summed E-state index contributed by atoms with van der Waals surface area (Å²) in [6.45, 7) is 2.30. The SMILES string of the molecule is CCC1CCC(N)(CCSC)CC1. The Balaban J connectivity index is 2.28. The second-order valence-corrected chi connectivity index (χ2v) is 5.44. The van der Waals surface area contributed by atoms with Crippen LogP contribution in [0.15, 0.2) is 0 Å².